The van der Waals surface area contributed by atoms with Gasteiger partial charge in [0.2, 0.25) is 0 Å². The molecule has 0 aliphatic heterocycles. The number of hydrogen-bond acceptors (Lipinski definition) is 4. The van der Waals surface area contributed by atoms with Crippen molar-refractivity contribution < 1.29 is 9.90 Å². The van der Waals surface area contributed by atoms with E-state index in [-0.39, 0.29) is 5.56 Å². The van der Waals surface area contributed by atoms with Crippen LogP contribution in [0.15, 0.2) is 24.5 Å². The van der Waals surface area contributed by atoms with Crippen molar-refractivity contribution in [3.63, 3.8) is 0 Å². The molecule has 0 aliphatic rings. The lowest BCUT2D eigenvalue weighted by atomic mass is 10.2. The third kappa shape index (κ3) is 2.96. The molecular formula is C14H18N4O2. The highest BCUT2D eigenvalue weighted by Crippen LogP contribution is 2.16. The Morgan fingerprint density at radius 2 is 2.20 bits per heavy atom. The molecule has 20 heavy (non-hydrogen) atoms. The molecule has 2 rings (SSSR count). The third-order valence-corrected chi connectivity index (χ3v) is 3.16. The van der Waals surface area contributed by atoms with Crippen molar-refractivity contribution in [2.45, 2.75) is 19.9 Å². The molecule has 6 heteroatoms. The molecule has 0 saturated heterocycles. The summed E-state index contributed by atoms with van der Waals surface area (Å²) in [7, 11) is 3.80. The first-order chi connectivity index (χ1) is 9.51. The molecule has 6 nitrogen and oxygen atoms in total. The summed E-state index contributed by atoms with van der Waals surface area (Å²) in [6.45, 7) is 2.53. The molecule has 0 atom stereocenters. The van der Waals surface area contributed by atoms with E-state index in [2.05, 4.69) is 9.97 Å². The maximum atomic E-state index is 11.2. The minimum absolute atomic E-state index is 0.263. The number of aromatic nitrogens is 3. The minimum atomic E-state index is -0.936. The number of carboxylic acid groups (broad SMARTS) is 1. The second-order valence-electron chi connectivity index (χ2n) is 4.67. The maximum Gasteiger partial charge on any atom is 0.335 e. The third-order valence-electron chi connectivity index (χ3n) is 3.16. The Bertz CT molecular complexity index is 621. The van der Waals surface area contributed by atoms with Crippen LogP contribution in [0.1, 0.15) is 28.8 Å². The highest BCUT2D eigenvalue weighted by atomic mass is 16.4. The molecule has 2 aromatic heterocycles. The standard InChI is InChI=1S/C14H18N4O2/c1-4-11-7-10(14(19)20)8-12(16-11)18(3)9-13-15-5-6-17(13)2/h5-8H,4,9H2,1-3H3,(H,19,20). The number of carbonyl (C=O) groups is 1. The Hall–Kier alpha value is -2.37. The number of aryl methyl sites for hydroxylation is 2. The van der Waals surface area contributed by atoms with E-state index in [1.807, 2.05) is 36.7 Å². The predicted octanol–water partition coefficient (Wildman–Crippen LogP) is 1.71. The molecular weight excluding hydrogens is 256 g/mol. The van der Waals surface area contributed by atoms with Crippen LogP contribution >= 0.6 is 0 Å². The Morgan fingerprint density at radius 3 is 2.75 bits per heavy atom. The maximum absolute atomic E-state index is 11.2. The number of carboxylic acids is 1. The van der Waals surface area contributed by atoms with Crippen LogP contribution in [-0.4, -0.2) is 32.7 Å². The molecule has 0 fully saturated rings. The number of rotatable bonds is 5. The quantitative estimate of drug-likeness (QED) is 0.898. The van der Waals surface area contributed by atoms with Crippen molar-refractivity contribution in [3.05, 3.63) is 41.6 Å². The van der Waals surface area contributed by atoms with Gasteiger partial charge in [0.25, 0.3) is 0 Å². The zero-order valence-corrected chi connectivity index (χ0v) is 11.9. The van der Waals surface area contributed by atoms with Crippen LogP contribution in [-0.2, 0) is 20.0 Å². The van der Waals surface area contributed by atoms with Crippen molar-refractivity contribution in [3.8, 4) is 0 Å². The van der Waals surface area contributed by atoms with Crippen molar-refractivity contribution >= 4 is 11.8 Å². The summed E-state index contributed by atoms with van der Waals surface area (Å²) in [5, 5.41) is 9.15. The van der Waals surface area contributed by atoms with E-state index in [4.69, 9.17) is 5.11 Å². The smallest absolute Gasteiger partial charge is 0.335 e. The SMILES string of the molecule is CCc1cc(C(=O)O)cc(N(C)Cc2nccn2C)n1. The van der Waals surface area contributed by atoms with Gasteiger partial charge in [0.05, 0.1) is 12.1 Å². The molecule has 2 heterocycles. The highest BCUT2D eigenvalue weighted by Gasteiger charge is 2.12. The first-order valence-electron chi connectivity index (χ1n) is 6.43. The van der Waals surface area contributed by atoms with Crippen LogP contribution in [0, 0.1) is 0 Å². The summed E-state index contributed by atoms with van der Waals surface area (Å²) in [4.78, 5) is 21.8. The zero-order chi connectivity index (χ0) is 14.7. The molecule has 1 N–H and O–H groups in total. The molecule has 0 bridgehead atoms. The van der Waals surface area contributed by atoms with Gasteiger partial charge in [-0.1, -0.05) is 6.92 Å². The van der Waals surface area contributed by atoms with Crippen molar-refractivity contribution in [1.82, 2.24) is 14.5 Å². The zero-order valence-electron chi connectivity index (χ0n) is 11.9. The topological polar surface area (TPSA) is 71.2 Å². The van der Waals surface area contributed by atoms with E-state index in [1.165, 1.54) is 0 Å². The van der Waals surface area contributed by atoms with Gasteiger partial charge < -0.3 is 14.6 Å². The molecule has 0 unspecified atom stereocenters. The number of anilines is 1. The van der Waals surface area contributed by atoms with E-state index in [0.29, 0.717) is 18.8 Å². The lowest BCUT2D eigenvalue weighted by Crippen LogP contribution is -2.21. The van der Waals surface area contributed by atoms with Gasteiger partial charge in [-0.15, -0.1) is 0 Å². The molecule has 2 aromatic rings. The van der Waals surface area contributed by atoms with Crippen molar-refractivity contribution in [1.29, 1.82) is 0 Å². The summed E-state index contributed by atoms with van der Waals surface area (Å²) in [6.07, 6.45) is 4.31. The highest BCUT2D eigenvalue weighted by molar-refractivity contribution is 5.88. The fraction of sp³-hybridized carbons (Fsp3) is 0.357. The fourth-order valence-electron chi connectivity index (χ4n) is 1.91. The van der Waals surface area contributed by atoms with Gasteiger partial charge in [0.15, 0.2) is 0 Å². The Kier molecular flexibility index (Phi) is 4.02. The largest absolute Gasteiger partial charge is 0.478 e. The van der Waals surface area contributed by atoms with E-state index < -0.39 is 5.97 Å². The second-order valence-corrected chi connectivity index (χ2v) is 4.67. The number of nitrogens with zero attached hydrogens (tertiary/aromatic N) is 4. The van der Waals surface area contributed by atoms with E-state index >= 15 is 0 Å². The average Bonchev–Trinajstić information content (AvgIpc) is 2.83. The normalized spacial score (nSPS) is 10.6. The molecule has 0 aromatic carbocycles. The number of pyridine rings is 1. The van der Waals surface area contributed by atoms with Gasteiger partial charge in [0, 0.05) is 32.2 Å². The monoisotopic (exact) mass is 274 g/mol. The molecule has 0 amide bonds. The van der Waals surface area contributed by atoms with Gasteiger partial charge in [-0.25, -0.2) is 14.8 Å². The Labute approximate surface area is 117 Å². The molecule has 0 saturated carbocycles. The lowest BCUT2D eigenvalue weighted by molar-refractivity contribution is 0.0696. The van der Waals surface area contributed by atoms with Crippen LogP contribution < -0.4 is 4.90 Å². The molecule has 106 valence electrons. The summed E-state index contributed by atoms with van der Waals surface area (Å²) in [5.74, 6) is 0.603. The van der Waals surface area contributed by atoms with Crippen molar-refractivity contribution in [2.24, 2.45) is 7.05 Å². The first kappa shape index (κ1) is 14.0. The van der Waals surface area contributed by atoms with Gasteiger partial charge in [0.1, 0.15) is 11.6 Å². The Morgan fingerprint density at radius 1 is 1.45 bits per heavy atom. The van der Waals surface area contributed by atoms with Crippen molar-refractivity contribution in [2.75, 3.05) is 11.9 Å². The lowest BCUT2D eigenvalue weighted by Gasteiger charge is -2.19. The van der Waals surface area contributed by atoms with Gasteiger partial charge >= 0.3 is 5.97 Å². The number of imidazole rings is 1. The van der Waals surface area contributed by atoms with E-state index in [0.717, 1.165) is 11.5 Å². The van der Waals surface area contributed by atoms with Gasteiger partial charge in [-0.2, -0.15) is 0 Å². The second kappa shape index (κ2) is 5.73. The van der Waals surface area contributed by atoms with Crippen LogP contribution in [0.4, 0.5) is 5.82 Å². The summed E-state index contributed by atoms with van der Waals surface area (Å²) >= 11 is 0. The van der Waals surface area contributed by atoms with Gasteiger partial charge in [-0.05, 0) is 18.6 Å². The van der Waals surface area contributed by atoms with E-state index in [9.17, 15) is 4.79 Å². The van der Waals surface area contributed by atoms with Crippen LogP contribution in [0.5, 0.6) is 0 Å². The van der Waals surface area contributed by atoms with E-state index in [1.54, 1.807) is 18.3 Å². The Balaban J connectivity index is 2.29. The molecule has 0 radical (unpaired) electrons. The number of aromatic carboxylic acids is 1. The molecule has 0 spiro atoms. The summed E-state index contributed by atoms with van der Waals surface area (Å²) in [6, 6.07) is 3.20. The minimum Gasteiger partial charge on any atom is -0.478 e. The van der Waals surface area contributed by atoms with Crippen LogP contribution in [0.3, 0.4) is 0 Å². The predicted molar refractivity (Wildman–Crippen MR) is 75.9 cm³/mol. The molecule has 0 aliphatic carbocycles. The summed E-state index contributed by atoms with van der Waals surface area (Å²) < 4.78 is 1.93. The van der Waals surface area contributed by atoms with Crippen LogP contribution in [0.25, 0.3) is 0 Å². The fourth-order valence-corrected chi connectivity index (χ4v) is 1.91. The van der Waals surface area contributed by atoms with Gasteiger partial charge in [-0.3, -0.25) is 0 Å². The van der Waals surface area contributed by atoms with Crippen LogP contribution in [0.2, 0.25) is 0 Å². The first-order valence-corrected chi connectivity index (χ1v) is 6.43. The average molecular weight is 274 g/mol. The summed E-state index contributed by atoms with van der Waals surface area (Å²) in [5.41, 5.74) is 1.03. The number of hydrogen-bond donors (Lipinski definition) is 1.